The van der Waals surface area contributed by atoms with Crippen LogP contribution >= 0.6 is 0 Å². The highest BCUT2D eigenvalue weighted by Gasteiger charge is 2.11. The van der Waals surface area contributed by atoms with Crippen LogP contribution in [-0.4, -0.2) is 37.3 Å². The molecule has 0 unspecified atom stereocenters. The van der Waals surface area contributed by atoms with Gasteiger partial charge in [0, 0.05) is 12.7 Å². The molecule has 0 amide bonds. The summed E-state index contributed by atoms with van der Waals surface area (Å²) in [7, 11) is 1.35. The monoisotopic (exact) mass is 238 g/mol. The van der Waals surface area contributed by atoms with Crippen LogP contribution in [0.5, 0.6) is 0 Å². The van der Waals surface area contributed by atoms with Crippen LogP contribution in [-0.2, 0) is 9.47 Å². The number of nitrogens with one attached hydrogen (secondary N) is 1. The van der Waals surface area contributed by atoms with Crippen LogP contribution in [0, 0.1) is 0 Å². The normalized spacial score (nSPS) is 10.4. The van der Waals surface area contributed by atoms with Crippen molar-refractivity contribution in [2.45, 2.75) is 20.0 Å². The van der Waals surface area contributed by atoms with E-state index in [9.17, 15) is 4.79 Å². The Hall–Kier alpha value is -1.62. The summed E-state index contributed by atoms with van der Waals surface area (Å²) in [5.74, 6) is 0.122. The number of methoxy groups -OCH3 is 1. The van der Waals surface area contributed by atoms with E-state index >= 15 is 0 Å². The second kappa shape index (κ2) is 6.85. The average Bonchev–Trinajstić information content (AvgIpc) is 2.34. The molecule has 0 aliphatic rings. The summed E-state index contributed by atoms with van der Waals surface area (Å²) in [6, 6.07) is 3.37. The third-order valence-corrected chi connectivity index (χ3v) is 2.06. The lowest BCUT2D eigenvalue weighted by Gasteiger charge is -2.11. The third kappa shape index (κ3) is 4.40. The largest absolute Gasteiger partial charge is 0.465 e. The highest BCUT2D eigenvalue weighted by Crippen LogP contribution is 2.11. The Morgan fingerprint density at radius 2 is 2.29 bits per heavy atom. The molecule has 0 aliphatic heterocycles. The molecule has 0 aromatic carbocycles. The Bertz CT molecular complexity index is 367. The van der Waals surface area contributed by atoms with Crippen molar-refractivity contribution in [1.82, 2.24) is 4.98 Å². The minimum absolute atomic E-state index is 0.195. The van der Waals surface area contributed by atoms with Gasteiger partial charge in [0.2, 0.25) is 0 Å². The maximum Gasteiger partial charge on any atom is 0.341 e. The number of esters is 1. The lowest BCUT2D eigenvalue weighted by Crippen LogP contribution is -2.16. The van der Waals surface area contributed by atoms with E-state index in [-0.39, 0.29) is 6.10 Å². The molecule has 1 rings (SSSR count). The van der Waals surface area contributed by atoms with E-state index in [1.165, 1.54) is 7.11 Å². The molecule has 0 saturated carbocycles. The van der Waals surface area contributed by atoms with Crippen LogP contribution in [0.2, 0.25) is 0 Å². The Kier molecular flexibility index (Phi) is 5.42. The Morgan fingerprint density at radius 3 is 2.94 bits per heavy atom. The molecule has 5 nitrogen and oxygen atoms in total. The van der Waals surface area contributed by atoms with Gasteiger partial charge in [0.25, 0.3) is 0 Å². The van der Waals surface area contributed by atoms with Crippen molar-refractivity contribution < 1.29 is 14.3 Å². The molecule has 0 radical (unpaired) electrons. The van der Waals surface area contributed by atoms with Crippen LogP contribution in [0.1, 0.15) is 24.2 Å². The molecule has 0 fully saturated rings. The molecule has 0 atom stereocenters. The van der Waals surface area contributed by atoms with Gasteiger partial charge in [-0.2, -0.15) is 0 Å². The number of anilines is 1. The molecule has 1 N–H and O–H groups in total. The van der Waals surface area contributed by atoms with Crippen molar-refractivity contribution in [1.29, 1.82) is 0 Å². The van der Waals surface area contributed by atoms with Gasteiger partial charge in [0.1, 0.15) is 11.4 Å². The van der Waals surface area contributed by atoms with E-state index in [1.54, 1.807) is 18.3 Å². The van der Waals surface area contributed by atoms with Gasteiger partial charge in [-0.1, -0.05) is 0 Å². The van der Waals surface area contributed by atoms with Crippen LogP contribution in [0.25, 0.3) is 0 Å². The molecule has 0 aliphatic carbocycles. The highest BCUT2D eigenvalue weighted by atomic mass is 16.5. The van der Waals surface area contributed by atoms with Crippen molar-refractivity contribution in [2.75, 3.05) is 25.6 Å². The van der Waals surface area contributed by atoms with E-state index in [2.05, 4.69) is 15.0 Å². The molecule has 5 heteroatoms. The summed E-state index contributed by atoms with van der Waals surface area (Å²) in [4.78, 5) is 15.5. The predicted molar refractivity (Wildman–Crippen MR) is 65.2 cm³/mol. The van der Waals surface area contributed by atoms with Crippen LogP contribution in [0.15, 0.2) is 18.3 Å². The maximum atomic E-state index is 11.4. The zero-order chi connectivity index (χ0) is 12.7. The molecule has 0 saturated heterocycles. The lowest BCUT2D eigenvalue weighted by atomic mass is 10.2. The second-order valence-electron chi connectivity index (χ2n) is 3.74. The van der Waals surface area contributed by atoms with Crippen LogP contribution < -0.4 is 5.32 Å². The first-order valence-corrected chi connectivity index (χ1v) is 5.54. The molecule has 1 aromatic heterocycles. The fourth-order valence-corrected chi connectivity index (χ4v) is 1.28. The summed E-state index contributed by atoms with van der Waals surface area (Å²) >= 11 is 0. The number of nitrogens with zero attached hydrogens (tertiary/aromatic N) is 1. The Balaban J connectivity index is 2.55. The quantitative estimate of drug-likeness (QED) is 0.604. The highest BCUT2D eigenvalue weighted by molar-refractivity contribution is 5.94. The average molecular weight is 238 g/mol. The smallest absolute Gasteiger partial charge is 0.341 e. The van der Waals surface area contributed by atoms with Gasteiger partial charge in [-0.3, -0.25) is 0 Å². The number of carbonyl (C=O) groups is 1. The Labute approximate surface area is 101 Å². The van der Waals surface area contributed by atoms with Crippen LogP contribution in [0.4, 0.5) is 5.82 Å². The van der Waals surface area contributed by atoms with E-state index in [4.69, 9.17) is 4.74 Å². The van der Waals surface area contributed by atoms with E-state index < -0.39 is 5.97 Å². The number of hydrogen-bond acceptors (Lipinski definition) is 5. The van der Waals surface area contributed by atoms with Gasteiger partial charge in [0.05, 0.1) is 19.8 Å². The maximum absolute atomic E-state index is 11.4. The van der Waals surface area contributed by atoms with Crippen molar-refractivity contribution in [3.8, 4) is 0 Å². The molecule has 1 heterocycles. The number of hydrogen-bond donors (Lipinski definition) is 1. The molecular weight excluding hydrogens is 220 g/mol. The third-order valence-electron chi connectivity index (χ3n) is 2.06. The van der Waals surface area contributed by atoms with Gasteiger partial charge in [-0.25, -0.2) is 9.78 Å². The molecule has 1 aromatic rings. The van der Waals surface area contributed by atoms with Crippen LogP contribution in [0.3, 0.4) is 0 Å². The predicted octanol–water partition coefficient (Wildman–Crippen LogP) is 1.71. The van der Waals surface area contributed by atoms with Crippen molar-refractivity contribution >= 4 is 11.8 Å². The minimum atomic E-state index is -0.398. The summed E-state index contributed by atoms with van der Waals surface area (Å²) in [5.41, 5.74) is 0.430. The molecular formula is C12H18N2O3. The fourth-order valence-electron chi connectivity index (χ4n) is 1.28. The fraction of sp³-hybridized carbons (Fsp3) is 0.500. The first kappa shape index (κ1) is 13.4. The second-order valence-corrected chi connectivity index (χ2v) is 3.74. The number of rotatable bonds is 6. The van der Waals surface area contributed by atoms with Crippen molar-refractivity contribution in [3.63, 3.8) is 0 Å². The van der Waals surface area contributed by atoms with Crippen molar-refractivity contribution in [3.05, 3.63) is 23.9 Å². The number of ether oxygens (including phenoxy) is 2. The number of aromatic nitrogens is 1. The zero-order valence-corrected chi connectivity index (χ0v) is 10.4. The summed E-state index contributed by atoms with van der Waals surface area (Å²) in [6.07, 6.45) is 1.82. The van der Waals surface area contributed by atoms with Gasteiger partial charge in [0.15, 0.2) is 0 Å². The number of carbonyl (C=O) groups excluding carboxylic acids is 1. The van der Waals surface area contributed by atoms with Gasteiger partial charge >= 0.3 is 5.97 Å². The van der Waals surface area contributed by atoms with Gasteiger partial charge < -0.3 is 14.8 Å². The first-order chi connectivity index (χ1) is 8.15. The van der Waals surface area contributed by atoms with Gasteiger partial charge in [-0.05, 0) is 26.0 Å². The van der Waals surface area contributed by atoms with Gasteiger partial charge in [-0.15, -0.1) is 0 Å². The molecule has 94 valence electrons. The summed E-state index contributed by atoms with van der Waals surface area (Å²) < 4.78 is 10.1. The summed E-state index contributed by atoms with van der Waals surface area (Å²) in [6.45, 7) is 5.11. The van der Waals surface area contributed by atoms with E-state index in [0.29, 0.717) is 24.5 Å². The van der Waals surface area contributed by atoms with Crippen molar-refractivity contribution in [2.24, 2.45) is 0 Å². The standard InChI is InChI=1S/C12H18N2O3/c1-9(2)17-8-7-14-11-10(12(15)16-3)5-4-6-13-11/h4-6,9H,7-8H2,1-3H3,(H,13,14). The SMILES string of the molecule is COC(=O)c1cccnc1NCCOC(C)C. The summed E-state index contributed by atoms with van der Waals surface area (Å²) in [5, 5.41) is 3.05. The topological polar surface area (TPSA) is 60.5 Å². The number of pyridine rings is 1. The first-order valence-electron chi connectivity index (χ1n) is 5.54. The molecule has 0 bridgehead atoms. The van der Waals surface area contributed by atoms with E-state index in [0.717, 1.165) is 0 Å². The molecule has 0 spiro atoms. The lowest BCUT2D eigenvalue weighted by molar-refractivity contribution is 0.0601. The minimum Gasteiger partial charge on any atom is -0.465 e. The molecule has 17 heavy (non-hydrogen) atoms. The Morgan fingerprint density at radius 1 is 1.53 bits per heavy atom. The zero-order valence-electron chi connectivity index (χ0n) is 10.4. The van der Waals surface area contributed by atoms with E-state index in [1.807, 2.05) is 13.8 Å².